The topological polar surface area (TPSA) is 25.4 Å². The molecule has 2 heterocycles. The van der Waals surface area contributed by atoms with E-state index in [4.69, 9.17) is 16.3 Å². The maximum Gasteiger partial charge on any atom is 0.0893 e. The molecule has 1 saturated heterocycles. The largest absolute Gasteiger partial charge is 0.367 e. The fourth-order valence-corrected chi connectivity index (χ4v) is 3.27. The molecular formula is C17H21ClN2O. The van der Waals surface area contributed by atoms with Crippen molar-refractivity contribution >= 4 is 28.2 Å². The number of nitrogens with zero attached hydrogens (tertiary/aromatic N) is 2. The van der Waals surface area contributed by atoms with Gasteiger partial charge in [0.15, 0.2) is 0 Å². The van der Waals surface area contributed by atoms with Crippen molar-refractivity contribution in [3.05, 3.63) is 36.0 Å². The van der Waals surface area contributed by atoms with Gasteiger partial charge in [-0.2, -0.15) is 0 Å². The number of halogens is 1. The Kier molecular flexibility index (Phi) is 3.80. The van der Waals surface area contributed by atoms with Gasteiger partial charge in [0.25, 0.3) is 0 Å². The van der Waals surface area contributed by atoms with Gasteiger partial charge in [0, 0.05) is 29.9 Å². The van der Waals surface area contributed by atoms with Gasteiger partial charge >= 0.3 is 0 Å². The molecule has 1 aliphatic heterocycles. The first-order valence-electron chi connectivity index (χ1n) is 7.34. The van der Waals surface area contributed by atoms with Crippen LogP contribution in [-0.4, -0.2) is 35.7 Å². The van der Waals surface area contributed by atoms with Crippen molar-refractivity contribution in [2.24, 2.45) is 0 Å². The van der Waals surface area contributed by atoms with E-state index in [1.165, 1.54) is 11.1 Å². The van der Waals surface area contributed by atoms with Crippen molar-refractivity contribution in [2.75, 3.05) is 23.9 Å². The van der Waals surface area contributed by atoms with Crippen molar-refractivity contribution in [3.8, 4) is 0 Å². The van der Waals surface area contributed by atoms with E-state index in [1.807, 2.05) is 13.0 Å². The average Bonchev–Trinajstić information content (AvgIpc) is 2.44. The third-order valence-corrected chi connectivity index (χ3v) is 4.16. The van der Waals surface area contributed by atoms with Gasteiger partial charge < -0.3 is 9.64 Å². The molecule has 0 aliphatic carbocycles. The highest BCUT2D eigenvalue weighted by Crippen LogP contribution is 2.31. The standard InChI is InChI=1S/C17H21ClN2O/c1-12-8-16(14-6-4-5-7-15(14)19-12)20-10-13(9-18)21-17(2,3)11-20/h4-8,13H,9-11H2,1-3H3. The summed E-state index contributed by atoms with van der Waals surface area (Å²) in [6.07, 6.45) is 0.0580. The monoisotopic (exact) mass is 304 g/mol. The molecular weight excluding hydrogens is 284 g/mol. The number of alkyl halides is 1. The predicted octanol–water partition coefficient (Wildman–Crippen LogP) is 3.77. The first kappa shape index (κ1) is 14.6. The van der Waals surface area contributed by atoms with Gasteiger partial charge in [-0.3, -0.25) is 4.98 Å². The molecule has 3 nitrogen and oxygen atoms in total. The smallest absolute Gasteiger partial charge is 0.0893 e. The SMILES string of the molecule is Cc1cc(N2CC(CCl)OC(C)(C)C2)c2ccccc2n1. The number of hydrogen-bond acceptors (Lipinski definition) is 3. The maximum absolute atomic E-state index is 6.05. The summed E-state index contributed by atoms with van der Waals surface area (Å²) in [5.74, 6) is 0.516. The van der Waals surface area contributed by atoms with Gasteiger partial charge in [-0.1, -0.05) is 18.2 Å². The number of para-hydroxylation sites is 1. The van der Waals surface area contributed by atoms with Crippen molar-refractivity contribution in [3.63, 3.8) is 0 Å². The number of benzene rings is 1. The van der Waals surface area contributed by atoms with Crippen LogP contribution in [-0.2, 0) is 4.74 Å². The lowest BCUT2D eigenvalue weighted by Gasteiger charge is -2.43. The number of aryl methyl sites for hydroxylation is 1. The number of morpholine rings is 1. The van der Waals surface area contributed by atoms with Crippen LogP contribution >= 0.6 is 11.6 Å². The van der Waals surface area contributed by atoms with E-state index in [9.17, 15) is 0 Å². The van der Waals surface area contributed by atoms with Crippen LogP contribution in [0.25, 0.3) is 10.9 Å². The molecule has 1 fully saturated rings. The summed E-state index contributed by atoms with van der Waals surface area (Å²) in [7, 11) is 0. The number of ether oxygens (including phenoxy) is 1. The summed E-state index contributed by atoms with van der Waals surface area (Å²) in [5, 5.41) is 1.19. The molecule has 3 rings (SSSR count). The Hall–Kier alpha value is -1.32. The average molecular weight is 305 g/mol. The predicted molar refractivity (Wildman–Crippen MR) is 88.4 cm³/mol. The summed E-state index contributed by atoms with van der Waals surface area (Å²) < 4.78 is 6.03. The van der Waals surface area contributed by atoms with Gasteiger partial charge in [-0.15, -0.1) is 11.6 Å². The Morgan fingerprint density at radius 2 is 2.14 bits per heavy atom. The van der Waals surface area contributed by atoms with E-state index >= 15 is 0 Å². The van der Waals surface area contributed by atoms with Gasteiger partial charge in [0.2, 0.25) is 0 Å². The zero-order valence-electron chi connectivity index (χ0n) is 12.8. The van der Waals surface area contributed by atoms with Crippen molar-refractivity contribution < 1.29 is 4.74 Å². The van der Waals surface area contributed by atoms with Crippen LogP contribution in [0.1, 0.15) is 19.5 Å². The minimum Gasteiger partial charge on any atom is -0.367 e. The molecule has 0 N–H and O–H groups in total. The van der Waals surface area contributed by atoms with E-state index in [0.29, 0.717) is 5.88 Å². The molecule has 0 radical (unpaired) electrons. The molecule has 4 heteroatoms. The number of anilines is 1. The van der Waals surface area contributed by atoms with Crippen molar-refractivity contribution in [2.45, 2.75) is 32.5 Å². The minimum absolute atomic E-state index is 0.0580. The normalized spacial score (nSPS) is 21.7. The summed E-state index contributed by atoms with van der Waals surface area (Å²) >= 11 is 6.05. The third kappa shape index (κ3) is 2.99. The second kappa shape index (κ2) is 5.47. The second-order valence-corrected chi connectivity index (χ2v) is 6.64. The molecule has 1 aromatic carbocycles. The summed E-state index contributed by atoms with van der Waals surface area (Å²) in [6.45, 7) is 7.96. The van der Waals surface area contributed by atoms with Crippen molar-refractivity contribution in [1.82, 2.24) is 4.98 Å². The lowest BCUT2D eigenvalue weighted by Crippen LogP contribution is -2.53. The van der Waals surface area contributed by atoms with Gasteiger partial charge in [-0.05, 0) is 32.9 Å². The Bertz CT molecular complexity index is 656. The van der Waals surface area contributed by atoms with Crippen LogP contribution in [0.5, 0.6) is 0 Å². The number of rotatable bonds is 2. The molecule has 0 bridgehead atoms. The van der Waals surface area contributed by atoms with E-state index in [0.717, 1.165) is 24.3 Å². The van der Waals surface area contributed by atoms with E-state index in [1.54, 1.807) is 0 Å². The van der Waals surface area contributed by atoms with E-state index in [2.05, 4.69) is 48.0 Å². The molecule has 0 saturated carbocycles. The van der Waals surface area contributed by atoms with Crippen LogP contribution in [0, 0.1) is 6.92 Å². The first-order valence-corrected chi connectivity index (χ1v) is 7.87. The zero-order chi connectivity index (χ0) is 15.0. The lowest BCUT2D eigenvalue weighted by molar-refractivity contribution is -0.0733. The molecule has 1 unspecified atom stereocenters. The molecule has 21 heavy (non-hydrogen) atoms. The summed E-state index contributed by atoms with van der Waals surface area (Å²) in [5.41, 5.74) is 3.11. The van der Waals surface area contributed by atoms with Crippen LogP contribution in [0.15, 0.2) is 30.3 Å². The van der Waals surface area contributed by atoms with Crippen molar-refractivity contribution in [1.29, 1.82) is 0 Å². The maximum atomic E-state index is 6.05. The molecule has 0 spiro atoms. The Morgan fingerprint density at radius 3 is 2.90 bits per heavy atom. The number of aromatic nitrogens is 1. The molecule has 0 amide bonds. The molecule has 1 aliphatic rings. The molecule has 2 aromatic rings. The van der Waals surface area contributed by atoms with Gasteiger partial charge in [-0.25, -0.2) is 0 Å². The highest BCUT2D eigenvalue weighted by molar-refractivity contribution is 6.18. The third-order valence-electron chi connectivity index (χ3n) is 3.82. The lowest BCUT2D eigenvalue weighted by atomic mass is 10.0. The van der Waals surface area contributed by atoms with E-state index in [-0.39, 0.29) is 11.7 Å². The number of fused-ring (bicyclic) bond motifs is 1. The zero-order valence-corrected chi connectivity index (χ0v) is 13.5. The van der Waals surface area contributed by atoms with Crippen LogP contribution in [0.2, 0.25) is 0 Å². The summed E-state index contributed by atoms with van der Waals surface area (Å²) in [6, 6.07) is 10.5. The fraction of sp³-hybridized carbons (Fsp3) is 0.471. The first-order chi connectivity index (χ1) is 9.98. The Morgan fingerprint density at radius 1 is 1.38 bits per heavy atom. The van der Waals surface area contributed by atoms with E-state index < -0.39 is 0 Å². The fourth-order valence-electron chi connectivity index (χ4n) is 3.11. The molecule has 1 aromatic heterocycles. The number of hydrogen-bond donors (Lipinski definition) is 0. The molecule has 1 atom stereocenters. The quantitative estimate of drug-likeness (QED) is 0.790. The van der Waals surface area contributed by atoms with Gasteiger partial charge in [0.05, 0.1) is 23.1 Å². The Labute approximate surface area is 130 Å². The number of pyridine rings is 1. The van der Waals surface area contributed by atoms with Crippen LogP contribution < -0.4 is 4.90 Å². The van der Waals surface area contributed by atoms with Crippen LogP contribution in [0.4, 0.5) is 5.69 Å². The summed E-state index contributed by atoms with van der Waals surface area (Å²) in [4.78, 5) is 7.01. The molecule has 112 valence electrons. The minimum atomic E-state index is -0.198. The highest BCUT2D eigenvalue weighted by Gasteiger charge is 2.33. The van der Waals surface area contributed by atoms with Crippen LogP contribution in [0.3, 0.4) is 0 Å². The second-order valence-electron chi connectivity index (χ2n) is 6.33. The van der Waals surface area contributed by atoms with Gasteiger partial charge in [0.1, 0.15) is 0 Å². The highest BCUT2D eigenvalue weighted by atomic mass is 35.5. The Balaban J connectivity index is 2.07.